The highest BCUT2D eigenvalue weighted by molar-refractivity contribution is 7.15. The van der Waals surface area contributed by atoms with Crippen LogP contribution in [0.3, 0.4) is 0 Å². The van der Waals surface area contributed by atoms with Crippen molar-refractivity contribution in [1.29, 1.82) is 0 Å². The van der Waals surface area contributed by atoms with Crippen molar-refractivity contribution in [3.8, 4) is 0 Å². The molecule has 1 aromatic rings. The Hall–Kier alpha value is -0.900. The fraction of sp³-hybridized carbons (Fsp3) is 0.750. The van der Waals surface area contributed by atoms with Crippen LogP contribution in [0.4, 0.5) is 5.13 Å². The Morgan fingerprint density at radius 3 is 2.50 bits per heavy atom. The van der Waals surface area contributed by atoms with Gasteiger partial charge in [0.15, 0.2) is 5.13 Å². The Bertz CT molecular complexity index is 416. The standard InChI is InChI=1S/C16H28N2OS/c1-5-7-9-11-16(4,10-8-6-2)14-12-17-15(20-14)18-13(3)19/h12H,5-11H2,1-4H3,(H,17,18,19). The summed E-state index contributed by atoms with van der Waals surface area (Å²) >= 11 is 1.63. The minimum absolute atomic E-state index is 0.0489. The predicted octanol–water partition coefficient (Wildman–Crippen LogP) is 5.13. The van der Waals surface area contributed by atoms with Gasteiger partial charge in [-0.2, -0.15) is 0 Å². The summed E-state index contributed by atoms with van der Waals surface area (Å²) in [6.45, 7) is 8.36. The van der Waals surface area contributed by atoms with E-state index in [1.54, 1.807) is 11.3 Å². The van der Waals surface area contributed by atoms with Gasteiger partial charge in [0.25, 0.3) is 0 Å². The maximum atomic E-state index is 11.1. The van der Waals surface area contributed by atoms with Gasteiger partial charge < -0.3 is 5.32 Å². The summed E-state index contributed by atoms with van der Waals surface area (Å²) in [7, 11) is 0. The van der Waals surface area contributed by atoms with Crippen LogP contribution in [0.5, 0.6) is 0 Å². The van der Waals surface area contributed by atoms with E-state index >= 15 is 0 Å². The van der Waals surface area contributed by atoms with Gasteiger partial charge in [-0.1, -0.05) is 52.9 Å². The number of anilines is 1. The third kappa shape index (κ3) is 5.23. The minimum atomic E-state index is -0.0489. The summed E-state index contributed by atoms with van der Waals surface area (Å²) in [4.78, 5) is 16.8. The van der Waals surface area contributed by atoms with Gasteiger partial charge >= 0.3 is 0 Å². The van der Waals surface area contributed by atoms with Gasteiger partial charge in [-0.25, -0.2) is 4.98 Å². The molecule has 0 fully saturated rings. The molecule has 0 saturated carbocycles. The van der Waals surface area contributed by atoms with E-state index in [-0.39, 0.29) is 11.3 Å². The topological polar surface area (TPSA) is 42.0 Å². The number of rotatable bonds is 9. The van der Waals surface area contributed by atoms with E-state index in [0.29, 0.717) is 0 Å². The molecule has 1 amide bonds. The molecule has 0 aromatic carbocycles. The van der Waals surface area contributed by atoms with Gasteiger partial charge in [0, 0.05) is 23.4 Å². The molecule has 3 nitrogen and oxygen atoms in total. The first-order valence-electron chi connectivity index (χ1n) is 7.75. The van der Waals surface area contributed by atoms with E-state index in [9.17, 15) is 4.79 Å². The Balaban J connectivity index is 2.79. The van der Waals surface area contributed by atoms with Crippen molar-refractivity contribution >= 4 is 22.4 Å². The van der Waals surface area contributed by atoms with Crippen LogP contribution in [0, 0.1) is 0 Å². The zero-order valence-corrected chi connectivity index (χ0v) is 14.1. The molecule has 1 aromatic heterocycles. The molecule has 20 heavy (non-hydrogen) atoms. The van der Waals surface area contributed by atoms with Crippen LogP contribution in [0.1, 0.15) is 77.5 Å². The Labute approximate surface area is 127 Å². The zero-order valence-electron chi connectivity index (χ0n) is 13.3. The molecule has 4 heteroatoms. The number of hydrogen-bond donors (Lipinski definition) is 1. The second-order valence-electron chi connectivity index (χ2n) is 5.83. The van der Waals surface area contributed by atoms with Crippen molar-refractivity contribution < 1.29 is 4.79 Å². The van der Waals surface area contributed by atoms with Gasteiger partial charge in [-0.15, -0.1) is 11.3 Å². The van der Waals surface area contributed by atoms with Crippen molar-refractivity contribution in [3.05, 3.63) is 11.1 Å². The normalized spacial score (nSPS) is 14.0. The lowest BCUT2D eigenvalue weighted by molar-refractivity contribution is -0.114. The quantitative estimate of drug-likeness (QED) is 0.642. The molecule has 1 N–H and O–H groups in total. The summed E-state index contributed by atoms with van der Waals surface area (Å²) in [5.74, 6) is -0.0489. The first kappa shape index (κ1) is 17.2. The molecular formula is C16H28N2OS. The van der Waals surface area contributed by atoms with Crippen molar-refractivity contribution in [3.63, 3.8) is 0 Å². The molecule has 0 bridgehead atoms. The average molecular weight is 296 g/mol. The van der Waals surface area contributed by atoms with Crippen LogP contribution < -0.4 is 5.32 Å². The largest absolute Gasteiger partial charge is 0.302 e. The monoisotopic (exact) mass is 296 g/mol. The number of thiazole rings is 1. The molecule has 0 spiro atoms. The molecule has 0 aliphatic rings. The maximum absolute atomic E-state index is 11.1. The van der Waals surface area contributed by atoms with Gasteiger partial charge in [0.1, 0.15) is 0 Å². The lowest BCUT2D eigenvalue weighted by Gasteiger charge is -2.28. The first-order chi connectivity index (χ1) is 9.51. The zero-order chi connectivity index (χ0) is 15.0. The second kappa shape index (κ2) is 8.40. The predicted molar refractivity (Wildman–Crippen MR) is 87.4 cm³/mol. The number of amides is 1. The smallest absolute Gasteiger partial charge is 0.223 e. The number of unbranched alkanes of at least 4 members (excludes halogenated alkanes) is 3. The summed E-state index contributed by atoms with van der Waals surface area (Å²) in [6, 6.07) is 0. The number of carbonyl (C=O) groups is 1. The molecule has 0 saturated heterocycles. The Morgan fingerprint density at radius 1 is 1.25 bits per heavy atom. The van der Waals surface area contributed by atoms with Crippen LogP contribution in [-0.4, -0.2) is 10.9 Å². The molecule has 1 atom stereocenters. The van der Waals surface area contributed by atoms with Gasteiger partial charge in [0.2, 0.25) is 5.91 Å². The van der Waals surface area contributed by atoms with Crippen molar-refractivity contribution in [2.45, 2.75) is 78.1 Å². The van der Waals surface area contributed by atoms with Crippen LogP contribution in [0.15, 0.2) is 6.20 Å². The maximum Gasteiger partial charge on any atom is 0.223 e. The lowest BCUT2D eigenvalue weighted by Crippen LogP contribution is -2.20. The van der Waals surface area contributed by atoms with E-state index in [0.717, 1.165) is 5.13 Å². The molecule has 0 radical (unpaired) electrons. The number of nitrogens with zero attached hydrogens (tertiary/aromatic N) is 1. The number of hydrogen-bond acceptors (Lipinski definition) is 3. The number of aromatic nitrogens is 1. The third-order valence-corrected chi connectivity index (χ3v) is 5.02. The number of carbonyl (C=O) groups excluding carboxylic acids is 1. The fourth-order valence-electron chi connectivity index (χ4n) is 2.47. The molecule has 114 valence electrons. The molecule has 1 rings (SSSR count). The second-order valence-corrected chi connectivity index (χ2v) is 6.86. The SMILES string of the molecule is CCCCCC(C)(CCCC)c1cnc(NC(C)=O)s1. The van der Waals surface area contributed by atoms with Crippen molar-refractivity contribution in [1.82, 2.24) is 4.98 Å². The fourth-order valence-corrected chi connectivity index (χ4v) is 3.53. The average Bonchev–Trinajstić information content (AvgIpc) is 2.85. The van der Waals surface area contributed by atoms with Gasteiger partial charge in [-0.05, 0) is 12.8 Å². The molecular weight excluding hydrogens is 268 g/mol. The van der Waals surface area contributed by atoms with E-state index in [1.807, 2.05) is 6.20 Å². The Morgan fingerprint density at radius 2 is 1.90 bits per heavy atom. The highest BCUT2D eigenvalue weighted by Crippen LogP contribution is 2.39. The molecule has 0 aliphatic heterocycles. The van der Waals surface area contributed by atoms with Crippen molar-refractivity contribution in [2.75, 3.05) is 5.32 Å². The van der Waals surface area contributed by atoms with E-state index in [2.05, 4.69) is 31.1 Å². The van der Waals surface area contributed by atoms with Crippen LogP contribution in [0.25, 0.3) is 0 Å². The molecule has 1 heterocycles. The summed E-state index contributed by atoms with van der Waals surface area (Å²) in [6.07, 6.45) is 10.7. The van der Waals surface area contributed by atoms with Crippen LogP contribution in [0.2, 0.25) is 0 Å². The lowest BCUT2D eigenvalue weighted by atomic mass is 9.79. The highest BCUT2D eigenvalue weighted by atomic mass is 32.1. The summed E-state index contributed by atoms with van der Waals surface area (Å²) in [5, 5.41) is 3.52. The van der Waals surface area contributed by atoms with Crippen LogP contribution in [-0.2, 0) is 10.2 Å². The van der Waals surface area contributed by atoms with Crippen LogP contribution >= 0.6 is 11.3 Å². The minimum Gasteiger partial charge on any atom is -0.302 e. The van der Waals surface area contributed by atoms with E-state index in [1.165, 1.54) is 56.7 Å². The Kier molecular flexibility index (Phi) is 7.20. The van der Waals surface area contributed by atoms with Gasteiger partial charge in [-0.3, -0.25) is 4.79 Å². The summed E-state index contributed by atoms with van der Waals surface area (Å²) in [5.41, 5.74) is 0.208. The summed E-state index contributed by atoms with van der Waals surface area (Å²) < 4.78 is 0. The molecule has 1 unspecified atom stereocenters. The van der Waals surface area contributed by atoms with E-state index in [4.69, 9.17) is 0 Å². The third-order valence-electron chi connectivity index (χ3n) is 3.80. The van der Waals surface area contributed by atoms with Crippen molar-refractivity contribution in [2.24, 2.45) is 0 Å². The number of nitrogens with one attached hydrogen (secondary N) is 1. The van der Waals surface area contributed by atoms with Gasteiger partial charge in [0.05, 0.1) is 0 Å². The van der Waals surface area contributed by atoms with E-state index < -0.39 is 0 Å². The first-order valence-corrected chi connectivity index (χ1v) is 8.57. The highest BCUT2D eigenvalue weighted by Gasteiger charge is 2.28. The molecule has 0 aliphatic carbocycles.